The molecule has 1 unspecified atom stereocenters. The third kappa shape index (κ3) is 6.86. The van der Waals surface area contributed by atoms with Crippen molar-refractivity contribution in [2.75, 3.05) is 37.6 Å². The Morgan fingerprint density at radius 1 is 0.946 bits per heavy atom. The molecule has 1 fully saturated rings. The molecule has 1 heterocycles. The third-order valence-electron chi connectivity index (χ3n) is 6.53. The van der Waals surface area contributed by atoms with Crippen molar-refractivity contribution in [3.63, 3.8) is 0 Å². The van der Waals surface area contributed by atoms with E-state index in [1.54, 1.807) is 11.0 Å². The van der Waals surface area contributed by atoms with Gasteiger partial charge in [0.25, 0.3) is 5.91 Å². The SMILES string of the molecule is COC(=O)/C=C/c1cccc(N(Cc2ccc(-c3ccc(N(C)C)cc3)cc2)C(=O)C2CCCCO2)c1. The van der Waals surface area contributed by atoms with E-state index in [9.17, 15) is 9.59 Å². The highest BCUT2D eigenvalue weighted by Crippen LogP contribution is 2.26. The van der Waals surface area contributed by atoms with E-state index in [1.165, 1.54) is 13.2 Å². The number of esters is 1. The van der Waals surface area contributed by atoms with E-state index >= 15 is 0 Å². The molecule has 6 heteroatoms. The maximum atomic E-state index is 13.6. The second kappa shape index (κ2) is 12.4. The van der Waals surface area contributed by atoms with Crippen LogP contribution in [0.1, 0.15) is 30.4 Å². The average molecular weight is 499 g/mol. The minimum Gasteiger partial charge on any atom is -0.466 e. The molecule has 3 aromatic carbocycles. The second-order valence-electron chi connectivity index (χ2n) is 9.37. The van der Waals surface area contributed by atoms with Crippen molar-refractivity contribution in [2.45, 2.75) is 31.9 Å². The van der Waals surface area contributed by atoms with Gasteiger partial charge in [0, 0.05) is 38.2 Å². The molecule has 1 aliphatic rings. The molecule has 1 saturated heterocycles. The van der Waals surface area contributed by atoms with Gasteiger partial charge in [-0.15, -0.1) is 0 Å². The number of amides is 1. The Morgan fingerprint density at radius 3 is 2.27 bits per heavy atom. The van der Waals surface area contributed by atoms with Gasteiger partial charge in [-0.3, -0.25) is 4.79 Å². The summed E-state index contributed by atoms with van der Waals surface area (Å²) in [6.07, 6.45) is 5.30. The fraction of sp³-hybridized carbons (Fsp3) is 0.290. The summed E-state index contributed by atoms with van der Waals surface area (Å²) in [6, 6.07) is 24.4. The number of carbonyl (C=O) groups excluding carboxylic acids is 2. The van der Waals surface area contributed by atoms with Crippen LogP contribution in [-0.4, -0.2) is 45.8 Å². The topological polar surface area (TPSA) is 59.1 Å². The number of methoxy groups -OCH3 is 1. The lowest BCUT2D eigenvalue weighted by molar-refractivity contribution is -0.135. The summed E-state index contributed by atoms with van der Waals surface area (Å²) in [4.78, 5) is 29.0. The molecule has 37 heavy (non-hydrogen) atoms. The summed E-state index contributed by atoms with van der Waals surface area (Å²) in [6.45, 7) is 1.02. The smallest absolute Gasteiger partial charge is 0.330 e. The molecule has 192 valence electrons. The zero-order valence-corrected chi connectivity index (χ0v) is 21.7. The van der Waals surface area contributed by atoms with Crippen molar-refractivity contribution in [3.05, 3.63) is 90.0 Å². The average Bonchev–Trinajstić information content (AvgIpc) is 2.95. The molecule has 0 aliphatic carbocycles. The lowest BCUT2D eigenvalue weighted by Crippen LogP contribution is -2.41. The molecule has 0 aromatic heterocycles. The fourth-order valence-corrected chi connectivity index (χ4v) is 4.37. The number of anilines is 2. The first kappa shape index (κ1) is 26.2. The number of rotatable bonds is 8. The number of carbonyl (C=O) groups is 2. The van der Waals surface area contributed by atoms with Crippen molar-refractivity contribution < 1.29 is 19.1 Å². The van der Waals surface area contributed by atoms with Gasteiger partial charge in [-0.2, -0.15) is 0 Å². The van der Waals surface area contributed by atoms with Crippen molar-refractivity contribution in [1.82, 2.24) is 0 Å². The molecular weight excluding hydrogens is 464 g/mol. The van der Waals surface area contributed by atoms with Gasteiger partial charge in [0.15, 0.2) is 0 Å². The maximum Gasteiger partial charge on any atom is 0.330 e. The lowest BCUT2D eigenvalue weighted by atomic mass is 10.0. The fourth-order valence-electron chi connectivity index (χ4n) is 4.37. The molecule has 0 spiro atoms. The highest BCUT2D eigenvalue weighted by atomic mass is 16.5. The number of ether oxygens (including phenoxy) is 2. The minimum atomic E-state index is -0.447. The van der Waals surface area contributed by atoms with Gasteiger partial charge in [0.05, 0.1) is 13.7 Å². The Hall–Kier alpha value is -3.90. The van der Waals surface area contributed by atoms with Gasteiger partial charge in [0.1, 0.15) is 6.10 Å². The summed E-state index contributed by atoms with van der Waals surface area (Å²) >= 11 is 0. The normalized spacial score (nSPS) is 15.4. The first-order valence-electron chi connectivity index (χ1n) is 12.6. The number of nitrogens with zero attached hydrogens (tertiary/aromatic N) is 2. The van der Waals surface area contributed by atoms with E-state index in [2.05, 4.69) is 53.4 Å². The van der Waals surface area contributed by atoms with Crippen LogP contribution in [0.2, 0.25) is 0 Å². The Balaban J connectivity index is 1.58. The summed E-state index contributed by atoms with van der Waals surface area (Å²) in [5, 5.41) is 0. The summed E-state index contributed by atoms with van der Waals surface area (Å²) in [7, 11) is 5.40. The molecule has 1 aliphatic heterocycles. The van der Waals surface area contributed by atoms with Crippen LogP contribution in [-0.2, 0) is 25.6 Å². The van der Waals surface area contributed by atoms with E-state index in [0.717, 1.165) is 52.9 Å². The highest BCUT2D eigenvalue weighted by Gasteiger charge is 2.28. The Labute approximate surface area is 219 Å². The number of hydrogen-bond donors (Lipinski definition) is 0. The van der Waals surface area contributed by atoms with Crippen molar-refractivity contribution >= 4 is 29.3 Å². The molecule has 0 N–H and O–H groups in total. The Morgan fingerprint density at radius 2 is 1.65 bits per heavy atom. The molecule has 1 amide bonds. The first-order chi connectivity index (χ1) is 17.9. The van der Waals surface area contributed by atoms with E-state index in [0.29, 0.717) is 13.2 Å². The standard InChI is InChI=1S/C31H34N2O4/c1-32(2)27-17-15-26(16-18-27)25-13-10-24(11-14-25)22-33(31(35)29-9-4-5-20-37-29)28-8-6-7-23(21-28)12-19-30(34)36-3/h6-8,10-19,21,29H,4-5,9,20,22H2,1-3H3/b19-12+. The zero-order chi connectivity index (χ0) is 26.2. The van der Waals surface area contributed by atoms with Crippen molar-refractivity contribution in [3.8, 4) is 11.1 Å². The predicted molar refractivity (Wildman–Crippen MR) is 148 cm³/mol. The molecule has 4 rings (SSSR count). The molecule has 0 bridgehead atoms. The van der Waals surface area contributed by atoms with Gasteiger partial charge in [0.2, 0.25) is 0 Å². The second-order valence-corrected chi connectivity index (χ2v) is 9.37. The van der Waals surface area contributed by atoms with Crippen LogP contribution in [0.4, 0.5) is 11.4 Å². The zero-order valence-electron chi connectivity index (χ0n) is 21.7. The molecule has 0 saturated carbocycles. The molecular formula is C31H34N2O4. The highest BCUT2D eigenvalue weighted by molar-refractivity contribution is 5.97. The quantitative estimate of drug-likeness (QED) is 0.294. The van der Waals surface area contributed by atoms with Crippen LogP contribution in [0.3, 0.4) is 0 Å². The van der Waals surface area contributed by atoms with Crippen LogP contribution < -0.4 is 9.80 Å². The third-order valence-corrected chi connectivity index (χ3v) is 6.53. The number of hydrogen-bond acceptors (Lipinski definition) is 5. The van der Waals surface area contributed by atoms with E-state index < -0.39 is 12.1 Å². The van der Waals surface area contributed by atoms with Crippen molar-refractivity contribution in [2.24, 2.45) is 0 Å². The summed E-state index contributed by atoms with van der Waals surface area (Å²) < 4.78 is 10.5. The van der Waals surface area contributed by atoms with E-state index in [1.807, 2.05) is 38.4 Å². The van der Waals surface area contributed by atoms with Gasteiger partial charge in [-0.05, 0) is 71.9 Å². The van der Waals surface area contributed by atoms with Gasteiger partial charge in [-0.25, -0.2) is 4.79 Å². The summed E-state index contributed by atoms with van der Waals surface area (Å²) in [5.74, 6) is -0.470. The Bertz CT molecular complexity index is 1230. The molecule has 0 radical (unpaired) electrons. The van der Waals surface area contributed by atoms with Crippen LogP contribution in [0, 0.1) is 0 Å². The van der Waals surface area contributed by atoms with Gasteiger partial charge < -0.3 is 19.3 Å². The minimum absolute atomic E-state index is 0.0443. The van der Waals surface area contributed by atoms with Crippen molar-refractivity contribution in [1.29, 1.82) is 0 Å². The van der Waals surface area contributed by atoms with Crippen LogP contribution in [0.5, 0.6) is 0 Å². The monoisotopic (exact) mass is 498 g/mol. The molecule has 1 atom stereocenters. The van der Waals surface area contributed by atoms with E-state index in [-0.39, 0.29) is 5.91 Å². The van der Waals surface area contributed by atoms with Crippen LogP contribution in [0.15, 0.2) is 78.9 Å². The van der Waals surface area contributed by atoms with Gasteiger partial charge >= 0.3 is 5.97 Å². The first-order valence-corrected chi connectivity index (χ1v) is 12.6. The number of benzene rings is 3. The summed E-state index contributed by atoms with van der Waals surface area (Å²) in [5.41, 5.74) is 6.01. The van der Waals surface area contributed by atoms with Gasteiger partial charge in [-0.1, -0.05) is 48.5 Å². The van der Waals surface area contributed by atoms with Crippen LogP contribution in [0.25, 0.3) is 17.2 Å². The predicted octanol–water partition coefficient (Wildman–Crippen LogP) is 5.71. The van der Waals surface area contributed by atoms with E-state index in [4.69, 9.17) is 9.47 Å². The van der Waals surface area contributed by atoms with Crippen LogP contribution >= 0.6 is 0 Å². The molecule has 6 nitrogen and oxygen atoms in total. The Kier molecular flexibility index (Phi) is 8.75. The molecule has 3 aromatic rings. The lowest BCUT2D eigenvalue weighted by Gasteiger charge is -2.30. The largest absolute Gasteiger partial charge is 0.466 e. The maximum absolute atomic E-state index is 13.6.